The monoisotopic (exact) mass is 218 g/mol. The van der Waals surface area contributed by atoms with Gasteiger partial charge in [-0.3, -0.25) is 0 Å². The van der Waals surface area contributed by atoms with Crippen LogP contribution in [0.4, 0.5) is 5.69 Å². The number of hydrogen-bond donors (Lipinski definition) is 1. The summed E-state index contributed by atoms with van der Waals surface area (Å²) in [6.07, 6.45) is 1.70. The Labute approximate surface area is 93.9 Å². The molecular weight excluding hydrogens is 204 g/mol. The first-order chi connectivity index (χ1) is 7.65. The number of nitrogens with zero attached hydrogens (tertiary/aromatic N) is 3. The van der Waals surface area contributed by atoms with Gasteiger partial charge in [0, 0.05) is 6.20 Å². The number of ether oxygens (including phenoxy) is 1. The molecule has 0 amide bonds. The fourth-order valence-electron chi connectivity index (χ4n) is 1.56. The maximum absolute atomic E-state index is 5.88. The Morgan fingerprint density at radius 1 is 1.38 bits per heavy atom. The summed E-state index contributed by atoms with van der Waals surface area (Å²) in [7, 11) is 1.61. The predicted molar refractivity (Wildman–Crippen MR) is 61.8 cm³/mol. The van der Waals surface area contributed by atoms with Crippen molar-refractivity contribution in [1.29, 1.82) is 0 Å². The average Bonchev–Trinajstić information content (AvgIpc) is 2.57. The molecule has 2 rings (SSSR count). The molecule has 0 aliphatic heterocycles. The van der Waals surface area contributed by atoms with Crippen molar-refractivity contribution in [3.63, 3.8) is 0 Å². The summed E-state index contributed by atoms with van der Waals surface area (Å²) in [5.74, 6) is 1.33. The van der Waals surface area contributed by atoms with Gasteiger partial charge in [0.25, 0.3) is 0 Å². The van der Waals surface area contributed by atoms with Gasteiger partial charge < -0.3 is 10.5 Å². The van der Waals surface area contributed by atoms with Crippen LogP contribution < -0.4 is 10.5 Å². The first-order valence-electron chi connectivity index (χ1n) is 4.96. The topological polar surface area (TPSA) is 66.0 Å². The zero-order valence-corrected chi connectivity index (χ0v) is 9.56. The highest BCUT2D eigenvalue weighted by Crippen LogP contribution is 2.24. The number of nitrogen functional groups attached to an aromatic ring is 1. The third-order valence-corrected chi connectivity index (χ3v) is 2.52. The Kier molecular flexibility index (Phi) is 2.52. The maximum atomic E-state index is 5.88. The molecule has 2 heterocycles. The van der Waals surface area contributed by atoms with Crippen LogP contribution in [-0.4, -0.2) is 21.9 Å². The molecule has 2 N–H and O–H groups in total. The van der Waals surface area contributed by atoms with E-state index >= 15 is 0 Å². The number of hydrogen-bond acceptors (Lipinski definition) is 4. The molecule has 0 spiro atoms. The SMILES string of the molecule is COc1cccnc1-n1nc(C)c(N)c1C. The standard InChI is InChI=1S/C11H14N4O/c1-7-10(12)8(2)15(14-7)11-9(16-3)5-4-6-13-11/h4-6H,12H2,1-3H3. The summed E-state index contributed by atoms with van der Waals surface area (Å²) >= 11 is 0. The minimum absolute atomic E-state index is 0.655. The lowest BCUT2D eigenvalue weighted by Gasteiger charge is -2.08. The first kappa shape index (κ1) is 10.5. The molecule has 5 nitrogen and oxygen atoms in total. The van der Waals surface area contributed by atoms with Crippen LogP contribution in [0.25, 0.3) is 5.82 Å². The van der Waals surface area contributed by atoms with Crippen molar-refractivity contribution in [2.24, 2.45) is 0 Å². The van der Waals surface area contributed by atoms with Crippen LogP contribution in [0.5, 0.6) is 5.75 Å². The quantitative estimate of drug-likeness (QED) is 0.829. The Hall–Kier alpha value is -2.04. The molecule has 5 heteroatoms. The fourth-order valence-corrected chi connectivity index (χ4v) is 1.56. The largest absolute Gasteiger partial charge is 0.493 e. The number of aromatic nitrogens is 3. The molecule has 2 aromatic rings. The van der Waals surface area contributed by atoms with Crippen molar-refractivity contribution in [1.82, 2.24) is 14.8 Å². The van der Waals surface area contributed by atoms with E-state index in [0.29, 0.717) is 17.3 Å². The Morgan fingerprint density at radius 3 is 2.69 bits per heavy atom. The van der Waals surface area contributed by atoms with Crippen molar-refractivity contribution < 1.29 is 4.74 Å². The third kappa shape index (κ3) is 1.50. The Balaban J connectivity index is 2.63. The number of anilines is 1. The van der Waals surface area contributed by atoms with E-state index in [-0.39, 0.29) is 0 Å². The van der Waals surface area contributed by atoms with Gasteiger partial charge in [-0.1, -0.05) is 0 Å². The van der Waals surface area contributed by atoms with Crippen LogP contribution in [0, 0.1) is 13.8 Å². The second-order valence-electron chi connectivity index (χ2n) is 3.53. The van der Waals surface area contributed by atoms with Gasteiger partial charge in [0.05, 0.1) is 24.2 Å². The second kappa shape index (κ2) is 3.84. The highest BCUT2D eigenvalue weighted by atomic mass is 16.5. The van der Waals surface area contributed by atoms with Gasteiger partial charge in [-0.25, -0.2) is 9.67 Å². The van der Waals surface area contributed by atoms with Gasteiger partial charge in [-0.2, -0.15) is 5.10 Å². The van der Waals surface area contributed by atoms with Crippen molar-refractivity contribution >= 4 is 5.69 Å². The third-order valence-electron chi connectivity index (χ3n) is 2.52. The van der Waals surface area contributed by atoms with E-state index in [1.165, 1.54) is 0 Å². The summed E-state index contributed by atoms with van der Waals surface area (Å²) in [4.78, 5) is 4.25. The number of nitrogens with two attached hydrogens (primary N) is 1. The van der Waals surface area contributed by atoms with Gasteiger partial charge in [0.2, 0.25) is 0 Å². The molecule has 0 atom stereocenters. The van der Waals surface area contributed by atoms with Crippen LogP contribution in [0.2, 0.25) is 0 Å². The minimum atomic E-state index is 0.655. The lowest BCUT2D eigenvalue weighted by molar-refractivity contribution is 0.409. The Bertz CT molecular complexity index is 519. The molecule has 0 bridgehead atoms. The normalized spacial score (nSPS) is 10.4. The zero-order valence-electron chi connectivity index (χ0n) is 9.56. The van der Waals surface area contributed by atoms with Crippen molar-refractivity contribution in [2.45, 2.75) is 13.8 Å². The van der Waals surface area contributed by atoms with E-state index in [4.69, 9.17) is 10.5 Å². The van der Waals surface area contributed by atoms with Crippen LogP contribution in [-0.2, 0) is 0 Å². The summed E-state index contributed by atoms with van der Waals surface area (Å²) in [6.45, 7) is 3.78. The lowest BCUT2D eigenvalue weighted by atomic mass is 10.3. The van der Waals surface area contributed by atoms with E-state index in [9.17, 15) is 0 Å². The molecule has 0 unspecified atom stereocenters. The van der Waals surface area contributed by atoms with Crippen molar-refractivity contribution in [3.8, 4) is 11.6 Å². The average molecular weight is 218 g/mol. The van der Waals surface area contributed by atoms with Crippen molar-refractivity contribution in [2.75, 3.05) is 12.8 Å². The molecule has 0 aliphatic rings. The molecular formula is C11H14N4O. The first-order valence-corrected chi connectivity index (χ1v) is 4.96. The zero-order chi connectivity index (χ0) is 11.7. The highest BCUT2D eigenvalue weighted by molar-refractivity contribution is 5.51. The summed E-state index contributed by atoms with van der Waals surface area (Å²) in [5, 5.41) is 4.34. The van der Waals surface area contributed by atoms with Crippen LogP contribution in [0.15, 0.2) is 18.3 Å². The number of rotatable bonds is 2. The van der Waals surface area contributed by atoms with E-state index in [0.717, 1.165) is 11.4 Å². The van der Waals surface area contributed by atoms with Gasteiger partial charge in [-0.05, 0) is 26.0 Å². The highest BCUT2D eigenvalue weighted by Gasteiger charge is 2.13. The van der Waals surface area contributed by atoms with E-state index in [1.807, 2.05) is 26.0 Å². The summed E-state index contributed by atoms with van der Waals surface area (Å²) < 4.78 is 6.94. The van der Waals surface area contributed by atoms with Crippen molar-refractivity contribution in [3.05, 3.63) is 29.7 Å². The molecule has 0 aromatic carbocycles. The molecule has 0 fully saturated rings. The number of methoxy groups -OCH3 is 1. The van der Waals surface area contributed by atoms with E-state index < -0.39 is 0 Å². The maximum Gasteiger partial charge on any atom is 0.196 e. The van der Waals surface area contributed by atoms with E-state index in [1.54, 1.807) is 18.0 Å². The van der Waals surface area contributed by atoms with Crippen LogP contribution >= 0.6 is 0 Å². The fraction of sp³-hybridized carbons (Fsp3) is 0.273. The molecule has 0 aliphatic carbocycles. The molecule has 0 saturated carbocycles. The number of aryl methyl sites for hydroxylation is 1. The van der Waals surface area contributed by atoms with Gasteiger partial charge in [-0.15, -0.1) is 0 Å². The summed E-state index contributed by atoms with van der Waals surface area (Å²) in [6, 6.07) is 3.66. The van der Waals surface area contributed by atoms with Crippen LogP contribution in [0.1, 0.15) is 11.4 Å². The second-order valence-corrected chi connectivity index (χ2v) is 3.53. The molecule has 0 radical (unpaired) electrons. The summed E-state index contributed by atoms with van der Waals surface area (Å²) in [5.41, 5.74) is 8.23. The van der Waals surface area contributed by atoms with E-state index in [2.05, 4.69) is 10.1 Å². The lowest BCUT2D eigenvalue weighted by Crippen LogP contribution is -2.04. The number of pyridine rings is 1. The molecule has 0 saturated heterocycles. The predicted octanol–water partition coefficient (Wildman–Crippen LogP) is 1.47. The van der Waals surface area contributed by atoms with Gasteiger partial charge in [0.15, 0.2) is 11.6 Å². The molecule has 2 aromatic heterocycles. The smallest absolute Gasteiger partial charge is 0.196 e. The minimum Gasteiger partial charge on any atom is -0.493 e. The Morgan fingerprint density at radius 2 is 2.12 bits per heavy atom. The van der Waals surface area contributed by atoms with Crippen LogP contribution in [0.3, 0.4) is 0 Å². The van der Waals surface area contributed by atoms with Gasteiger partial charge >= 0.3 is 0 Å². The van der Waals surface area contributed by atoms with Gasteiger partial charge in [0.1, 0.15) is 0 Å². The molecule has 84 valence electrons. The molecule has 16 heavy (non-hydrogen) atoms.